The second-order valence-electron chi connectivity index (χ2n) is 8.31. The highest BCUT2D eigenvalue weighted by molar-refractivity contribution is 7.91. The maximum atomic E-state index is 13.5. The number of halogens is 1. The van der Waals surface area contributed by atoms with E-state index in [0.29, 0.717) is 39.4 Å². The van der Waals surface area contributed by atoms with Gasteiger partial charge in [0, 0.05) is 6.54 Å². The van der Waals surface area contributed by atoms with E-state index in [4.69, 9.17) is 21.1 Å². The number of piperidine rings is 1. The molecule has 0 spiro atoms. The van der Waals surface area contributed by atoms with E-state index >= 15 is 0 Å². The van der Waals surface area contributed by atoms with Gasteiger partial charge >= 0.3 is 11.9 Å². The molecule has 0 saturated carbocycles. The Hall–Kier alpha value is -2.58. The van der Waals surface area contributed by atoms with E-state index in [9.17, 15) is 22.8 Å². The van der Waals surface area contributed by atoms with Gasteiger partial charge in [-0.15, -0.1) is 11.3 Å². The van der Waals surface area contributed by atoms with Gasteiger partial charge < -0.3 is 14.0 Å². The van der Waals surface area contributed by atoms with E-state index in [1.165, 1.54) is 21.0 Å². The summed E-state index contributed by atoms with van der Waals surface area (Å²) in [6.45, 7) is 3.77. The van der Waals surface area contributed by atoms with Gasteiger partial charge in [0.05, 0.1) is 33.3 Å². The number of nitrogens with zero attached hydrogens (tertiary/aromatic N) is 3. The molecule has 4 rings (SSSR count). The molecule has 38 heavy (non-hydrogen) atoms. The molecular formula is C24H26ClN3O7S3. The fourth-order valence-electron chi connectivity index (χ4n) is 4.15. The first-order valence-corrected chi connectivity index (χ1v) is 15.4. The SMILES string of the molecule is CCOC(=O)Cn1c(=NC(=O)C2CCCCN2S(=O)(=O)c2ccc(Cl)s2)sc2cc(C(=O)OCC)ccc21. The number of thiophene rings is 1. The molecule has 204 valence electrons. The summed E-state index contributed by atoms with van der Waals surface area (Å²) in [5.41, 5.74) is 0.893. The molecule has 10 nitrogen and oxygen atoms in total. The van der Waals surface area contributed by atoms with Crippen LogP contribution < -0.4 is 4.80 Å². The van der Waals surface area contributed by atoms with E-state index < -0.39 is 33.9 Å². The first-order valence-electron chi connectivity index (χ1n) is 12.0. The minimum atomic E-state index is -3.95. The Morgan fingerprint density at radius 3 is 2.53 bits per heavy atom. The molecule has 1 aromatic carbocycles. The van der Waals surface area contributed by atoms with Gasteiger partial charge in [0.1, 0.15) is 16.8 Å². The maximum absolute atomic E-state index is 13.5. The van der Waals surface area contributed by atoms with Gasteiger partial charge in [-0.25, -0.2) is 13.2 Å². The number of ether oxygens (including phenoxy) is 2. The van der Waals surface area contributed by atoms with Crippen molar-refractivity contribution in [2.75, 3.05) is 19.8 Å². The third-order valence-electron chi connectivity index (χ3n) is 5.84. The van der Waals surface area contributed by atoms with Crippen LogP contribution in [0, 0.1) is 0 Å². The van der Waals surface area contributed by atoms with Crippen molar-refractivity contribution in [1.29, 1.82) is 0 Å². The number of benzene rings is 1. The van der Waals surface area contributed by atoms with Crippen molar-refractivity contribution < 1.29 is 32.3 Å². The topological polar surface area (TPSA) is 124 Å². The fraction of sp³-hybridized carbons (Fsp3) is 0.417. The number of esters is 2. The van der Waals surface area contributed by atoms with Crippen LogP contribution in [-0.4, -0.2) is 60.9 Å². The third-order valence-corrected chi connectivity index (χ3v) is 10.5. The molecule has 1 unspecified atom stereocenters. The quantitative estimate of drug-likeness (QED) is 0.360. The molecule has 3 aromatic rings. The summed E-state index contributed by atoms with van der Waals surface area (Å²) >= 11 is 8.01. The summed E-state index contributed by atoms with van der Waals surface area (Å²) < 4.78 is 40.5. The molecule has 0 N–H and O–H groups in total. The molecule has 2 aromatic heterocycles. The highest BCUT2D eigenvalue weighted by Crippen LogP contribution is 2.32. The Balaban J connectivity index is 1.76. The van der Waals surface area contributed by atoms with Crippen LogP contribution in [0.5, 0.6) is 0 Å². The number of fused-ring (bicyclic) bond motifs is 1. The molecule has 0 radical (unpaired) electrons. The van der Waals surface area contributed by atoms with E-state index in [1.54, 1.807) is 32.0 Å². The monoisotopic (exact) mass is 599 g/mol. The zero-order valence-corrected chi connectivity index (χ0v) is 23.9. The van der Waals surface area contributed by atoms with Gasteiger partial charge in [0.15, 0.2) is 4.80 Å². The number of aromatic nitrogens is 1. The van der Waals surface area contributed by atoms with Crippen LogP contribution in [0.3, 0.4) is 0 Å². The van der Waals surface area contributed by atoms with Gasteiger partial charge in [-0.1, -0.05) is 29.4 Å². The molecule has 1 aliphatic rings. The largest absolute Gasteiger partial charge is 0.465 e. The van der Waals surface area contributed by atoms with Gasteiger partial charge in [-0.3, -0.25) is 9.59 Å². The molecule has 3 heterocycles. The average Bonchev–Trinajstić information content (AvgIpc) is 3.48. The lowest BCUT2D eigenvalue weighted by atomic mass is 10.0. The maximum Gasteiger partial charge on any atom is 0.338 e. The minimum absolute atomic E-state index is 0.0629. The van der Waals surface area contributed by atoms with Crippen molar-refractivity contribution in [3.8, 4) is 0 Å². The predicted molar refractivity (Wildman–Crippen MR) is 144 cm³/mol. The van der Waals surface area contributed by atoms with Crippen LogP contribution in [0.2, 0.25) is 4.34 Å². The molecule has 0 bridgehead atoms. The number of hydrogen-bond donors (Lipinski definition) is 0. The average molecular weight is 600 g/mol. The van der Waals surface area contributed by atoms with Crippen molar-refractivity contribution in [2.45, 2.75) is 49.9 Å². The Morgan fingerprint density at radius 1 is 1.08 bits per heavy atom. The van der Waals surface area contributed by atoms with Crippen LogP contribution in [0.1, 0.15) is 43.5 Å². The minimum Gasteiger partial charge on any atom is -0.465 e. The Morgan fingerprint density at radius 2 is 1.84 bits per heavy atom. The van der Waals surface area contributed by atoms with E-state index in [-0.39, 0.29) is 35.3 Å². The molecule has 1 saturated heterocycles. The smallest absolute Gasteiger partial charge is 0.338 e. The van der Waals surface area contributed by atoms with Crippen molar-refractivity contribution in [3.05, 3.63) is 45.0 Å². The second-order valence-corrected chi connectivity index (χ2v) is 13.2. The summed E-state index contributed by atoms with van der Waals surface area (Å²) in [5.74, 6) is -1.65. The lowest BCUT2D eigenvalue weighted by Crippen LogP contribution is -2.47. The van der Waals surface area contributed by atoms with Gasteiger partial charge in [-0.05, 0) is 57.0 Å². The number of rotatable bonds is 8. The predicted octanol–water partition coefficient (Wildman–Crippen LogP) is 3.83. The van der Waals surface area contributed by atoms with E-state index in [0.717, 1.165) is 22.7 Å². The standard InChI is InChI=1S/C24H26ClN3O7S3/c1-3-34-20(29)14-27-16-9-8-15(23(31)35-4-2)13-18(16)36-24(27)26-22(30)17-7-5-6-12-28(17)38(32,33)21-11-10-19(25)37-21/h8-11,13,17H,3-7,12,14H2,1-2H3. The number of carbonyl (C=O) groups excluding carboxylic acids is 3. The molecule has 1 fully saturated rings. The van der Waals surface area contributed by atoms with E-state index in [2.05, 4.69) is 4.99 Å². The summed E-state index contributed by atoms with van der Waals surface area (Å²) in [6.07, 6.45) is 1.60. The first kappa shape index (κ1) is 28.4. The van der Waals surface area contributed by atoms with Gasteiger partial charge in [0.25, 0.3) is 15.9 Å². The number of sulfonamides is 1. The molecule has 14 heteroatoms. The molecule has 1 aliphatic heterocycles. The fourth-order valence-corrected chi connectivity index (χ4v) is 8.49. The number of hydrogen-bond acceptors (Lipinski definition) is 9. The zero-order valence-electron chi connectivity index (χ0n) is 20.7. The first-order chi connectivity index (χ1) is 18.1. The van der Waals surface area contributed by atoms with Crippen LogP contribution >= 0.6 is 34.3 Å². The van der Waals surface area contributed by atoms with Gasteiger partial charge in [-0.2, -0.15) is 9.30 Å². The second kappa shape index (κ2) is 12.1. The summed E-state index contributed by atoms with van der Waals surface area (Å²) in [4.78, 5) is 42.6. The van der Waals surface area contributed by atoms with Crippen LogP contribution in [0.4, 0.5) is 0 Å². The van der Waals surface area contributed by atoms with Crippen LogP contribution in [0.15, 0.2) is 39.5 Å². The number of carbonyl (C=O) groups is 3. The highest BCUT2D eigenvalue weighted by atomic mass is 35.5. The van der Waals surface area contributed by atoms with Crippen LogP contribution in [-0.2, 0) is 35.6 Å². The Bertz CT molecular complexity index is 1540. The summed E-state index contributed by atoms with van der Waals surface area (Å²) in [5, 5.41) is 0. The summed E-state index contributed by atoms with van der Waals surface area (Å²) in [6, 6.07) is 6.77. The normalized spacial score (nSPS) is 17.0. The van der Waals surface area contributed by atoms with Crippen molar-refractivity contribution in [1.82, 2.24) is 8.87 Å². The number of thiazole rings is 1. The molecular weight excluding hydrogens is 574 g/mol. The van der Waals surface area contributed by atoms with Crippen molar-refractivity contribution in [2.24, 2.45) is 4.99 Å². The molecule has 0 aliphatic carbocycles. The number of amides is 1. The molecule has 1 amide bonds. The lowest BCUT2D eigenvalue weighted by Gasteiger charge is -2.31. The van der Waals surface area contributed by atoms with Gasteiger partial charge in [0.2, 0.25) is 0 Å². The third kappa shape index (κ3) is 6.01. The van der Waals surface area contributed by atoms with E-state index in [1.807, 2.05) is 0 Å². The Kier molecular flexibility index (Phi) is 9.04. The van der Waals surface area contributed by atoms with Crippen molar-refractivity contribution in [3.63, 3.8) is 0 Å². The highest BCUT2D eigenvalue weighted by Gasteiger charge is 2.38. The van der Waals surface area contributed by atoms with Crippen LogP contribution in [0.25, 0.3) is 10.2 Å². The molecule has 1 atom stereocenters. The lowest BCUT2D eigenvalue weighted by molar-refractivity contribution is -0.143. The summed E-state index contributed by atoms with van der Waals surface area (Å²) in [7, 11) is -3.95. The van der Waals surface area contributed by atoms with Crippen molar-refractivity contribution >= 4 is 72.4 Å². The zero-order chi connectivity index (χ0) is 27.4. The Labute approximate surface area is 232 Å².